The molecule has 1 saturated heterocycles. The van der Waals surface area contributed by atoms with Crippen LogP contribution in [0.25, 0.3) is 0 Å². The van der Waals surface area contributed by atoms with Gasteiger partial charge in [0.2, 0.25) is 5.91 Å². The number of benzene rings is 2. The van der Waals surface area contributed by atoms with Crippen molar-refractivity contribution in [1.29, 1.82) is 0 Å². The van der Waals surface area contributed by atoms with Crippen molar-refractivity contribution in [1.82, 2.24) is 4.90 Å². The zero-order chi connectivity index (χ0) is 19.5. The molecule has 8 heteroatoms. The van der Waals surface area contributed by atoms with E-state index in [0.717, 1.165) is 42.5 Å². The summed E-state index contributed by atoms with van der Waals surface area (Å²) in [4.78, 5) is 21.0. The normalized spacial score (nSPS) is 19.3. The average Bonchev–Trinajstić information content (AvgIpc) is 2.72. The molecule has 2 aliphatic rings. The minimum atomic E-state index is 0. The second-order valence-electron chi connectivity index (χ2n) is 7.19. The first-order valence-corrected chi connectivity index (χ1v) is 9.92. The van der Waals surface area contributed by atoms with Gasteiger partial charge >= 0.3 is 0 Å². The third kappa shape index (κ3) is 5.14. The van der Waals surface area contributed by atoms with Crippen molar-refractivity contribution in [3.05, 3.63) is 59.1 Å². The number of nitrogens with zero attached hydrogens (tertiary/aromatic N) is 3. The number of para-hydroxylation sites is 1. The van der Waals surface area contributed by atoms with Crippen LogP contribution in [0, 0.1) is 0 Å². The topological polar surface area (TPSA) is 74.0 Å². The van der Waals surface area contributed by atoms with E-state index in [-0.39, 0.29) is 35.8 Å². The van der Waals surface area contributed by atoms with Gasteiger partial charge in [-0.25, -0.2) is 0 Å². The van der Waals surface area contributed by atoms with Gasteiger partial charge in [-0.1, -0.05) is 29.8 Å². The summed E-state index contributed by atoms with van der Waals surface area (Å²) in [6.07, 6.45) is 0.443. The number of piperazine rings is 1. The van der Waals surface area contributed by atoms with E-state index >= 15 is 0 Å². The van der Waals surface area contributed by atoms with Crippen molar-refractivity contribution < 1.29 is 4.79 Å². The van der Waals surface area contributed by atoms with Gasteiger partial charge in [-0.3, -0.25) is 9.79 Å². The number of guanidine groups is 1. The number of carbonyl (C=O) groups is 1. The molecule has 0 spiro atoms. The average molecular weight is 526 g/mol. The molecule has 0 radical (unpaired) electrons. The van der Waals surface area contributed by atoms with Gasteiger partial charge in [0.25, 0.3) is 0 Å². The van der Waals surface area contributed by atoms with Crippen LogP contribution in [-0.4, -0.2) is 49.5 Å². The highest BCUT2D eigenvalue weighted by molar-refractivity contribution is 14.0. The van der Waals surface area contributed by atoms with Crippen molar-refractivity contribution in [3.8, 4) is 0 Å². The third-order valence-electron chi connectivity index (χ3n) is 5.38. The standard InChI is InChI=1S/C21H24ClN5O.HI/c22-16-5-7-17(8-6-16)26-9-11-27(12-10-26)21(23)24-14-15-13-20(28)25-19-4-2-1-3-18(15)19;/h1-8,15H,9-14H2,(H2,23,24)(H,25,28);1H. The van der Waals surface area contributed by atoms with Crippen molar-refractivity contribution >= 4 is 58.8 Å². The predicted molar refractivity (Wildman–Crippen MR) is 130 cm³/mol. The van der Waals surface area contributed by atoms with Crippen LogP contribution in [-0.2, 0) is 4.79 Å². The Morgan fingerprint density at radius 2 is 1.79 bits per heavy atom. The van der Waals surface area contributed by atoms with Gasteiger partial charge in [-0.15, -0.1) is 24.0 Å². The highest BCUT2D eigenvalue weighted by Gasteiger charge is 2.25. The maximum atomic E-state index is 12.0. The van der Waals surface area contributed by atoms with E-state index in [2.05, 4.69) is 26.2 Å². The molecule has 0 aromatic heterocycles. The fraction of sp³-hybridized carbons (Fsp3) is 0.333. The Morgan fingerprint density at radius 1 is 1.10 bits per heavy atom. The van der Waals surface area contributed by atoms with E-state index in [1.807, 2.05) is 42.5 Å². The summed E-state index contributed by atoms with van der Waals surface area (Å²) in [6.45, 7) is 3.92. The van der Waals surface area contributed by atoms with E-state index in [9.17, 15) is 4.79 Å². The first-order chi connectivity index (χ1) is 13.6. The summed E-state index contributed by atoms with van der Waals surface area (Å²) in [6, 6.07) is 15.8. The molecule has 3 N–H and O–H groups in total. The van der Waals surface area contributed by atoms with Crippen LogP contribution >= 0.6 is 35.6 Å². The summed E-state index contributed by atoms with van der Waals surface area (Å²) in [5.41, 5.74) is 9.45. The minimum absolute atomic E-state index is 0. The van der Waals surface area contributed by atoms with Gasteiger partial charge < -0.3 is 20.9 Å². The summed E-state index contributed by atoms with van der Waals surface area (Å²) in [7, 11) is 0. The van der Waals surface area contributed by atoms with Crippen LogP contribution in [0.3, 0.4) is 0 Å². The zero-order valence-electron chi connectivity index (χ0n) is 16.1. The Labute approximate surface area is 193 Å². The van der Waals surface area contributed by atoms with Crippen molar-refractivity contribution in [2.45, 2.75) is 12.3 Å². The molecule has 2 heterocycles. The molecule has 2 aromatic rings. The maximum absolute atomic E-state index is 12.0. The smallest absolute Gasteiger partial charge is 0.225 e. The number of fused-ring (bicyclic) bond motifs is 1. The number of hydrogen-bond acceptors (Lipinski definition) is 3. The summed E-state index contributed by atoms with van der Waals surface area (Å²) in [5, 5.41) is 3.67. The number of nitrogens with one attached hydrogen (secondary N) is 1. The molecule has 0 bridgehead atoms. The van der Waals surface area contributed by atoms with Crippen LogP contribution < -0.4 is 16.0 Å². The van der Waals surface area contributed by atoms with Crippen LogP contribution in [0.15, 0.2) is 53.5 Å². The minimum Gasteiger partial charge on any atom is -0.370 e. The molecule has 1 unspecified atom stereocenters. The quantitative estimate of drug-likeness (QED) is 0.365. The lowest BCUT2D eigenvalue weighted by Crippen LogP contribution is -2.51. The Kier molecular flexibility index (Phi) is 7.23. The maximum Gasteiger partial charge on any atom is 0.225 e. The van der Waals surface area contributed by atoms with Gasteiger partial charge in [-0.05, 0) is 35.9 Å². The number of aliphatic imine (C=N–C) groups is 1. The van der Waals surface area contributed by atoms with Crippen LogP contribution in [0.1, 0.15) is 17.9 Å². The number of anilines is 2. The van der Waals surface area contributed by atoms with Gasteiger partial charge in [0.15, 0.2) is 5.96 Å². The first-order valence-electron chi connectivity index (χ1n) is 9.54. The van der Waals surface area contributed by atoms with Gasteiger partial charge in [0.1, 0.15) is 0 Å². The lowest BCUT2D eigenvalue weighted by Gasteiger charge is -2.36. The Balaban J connectivity index is 0.00000240. The van der Waals surface area contributed by atoms with Crippen LogP contribution in [0.2, 0.25) is 5.02 Å². The van der Waals surface area contributed by atoms with Gasteiger partial charge in [-0.2, -0.15) is 0 Å². The molecule has 0 saturated carbocycles. The summed E-state index contributed by atoms with van der Waals surface area (Å²) in [5.74, 6) is 0.659. The van der Waals surface area contributed by atoms with Crippen LogP contribution in [0.5, 0.6) is 0 Å². The largest absolute Gasteiger partial charge is 0.370 e. The highest BCUT2D eigenvalue weighted by Crippen LogP contribution is 2.32. The predicted octanol–water partition coefficient (Wildman–Crippen LogP) is 3.52. The summed E-state index contributed by atoms with van der Waals surface area (Å²) >= 11 is 5.97. The molecule has 6 nitrogen and oxygen atoms in total. The second-order valence-corrected chi connectivity index (χ2v) is 7.62. The molecule has 1 fully saturated rings. The SMILES string of the molecule is I.NC(=NCC1CC(=O)Nc2ccccc21)N1CCN(c2ccc(Cl)cc2)CC1. The molecule has 4 rings (SSSR count). The Bertz CT molecular complexity index is 881. The fourth-order valence-corrected chi connectivity index (χ4v) is 3.94. The molecule has 2 aliphatic heterocycles. The third-order valence-corrected chi connectivity index (χ3v) is 5.63. The van der Waals surface area contributed by atoms with Crippen LogP contribution in [0.4, 0.5) is 11.4 Å². The van der Waals surface area contributed by atoms with Crippen molar-refractivity contribution in [3.63, 3.8) is 0 Å². The molecule has 29 heavy (non-hydrogen) atoms. The van der Waals surface area contributed by atoms with Crippen molar-refractivity contribution in [2.75, 3.05) is 42.9 Å². The van der Waals surface area contributed by atoms with E-state index in [0.29, 0.717) is 18.9 Å². The molecule has 154 valence electrons. The second kappa shape index (κ2) is 9.67. The number of carbonyl (C=O) groups excluding carboxylic acids is 1. The molecule has 2 aromatic carbocycles. The summed E-state index contributed by atoms with van der Waals surface area (Å²) < 4.78 is 0. The Morgan fingerprint density at radius 3 is 2.52 bits per heavy atom. The molecule has 0 aliphatic carbocycles. The van der Waals surface area contributed by atoms with Crippen molar-refractivity contribution in [2.24, 2.45) is 10.7 Å². The monoisotopic (exact) mass is 525 g/mol. The number of amides is 1. The molecule has 1 amide bonds. The van der Waals surface area contributed by atoms with E-state index in [1.54, 1.807) is 0 Å². The number of rotatable bonds is 3. The number of hydrogen-bond donors (Lipinski definition) is 2. The number of halogens is 2. The van der Waals surface area contributed by atoms with E-state index in [1.165, 1.54) is 5.69 Å². The fourth-order valence-electron chi connectivity index (χ4n) is 3.81. The number of nitrogens with two attached hydrogens (primary N) is 1. The van der Waals surface area contributed by atoms with Gasteiger partial charge in [0, 0.05) is 54.9 Å². The lowest BCUT2D eigenvalue weighted by atomic mass is 9.91. The first kappa shape index (κ1) is 21.7. The van der Waals surface area contributed by atoms with Gasteiger partial charge in [0.05, 0.1) is 6.54 Å². The zero-order valence-corrected chi connectivity index (χ0v) is 19.1. The van der Waals surface area contributed by atoms with E-state index in [4.69, 9.17) is 17.3 Å². The molecular formula is C21H25ClIN5O. The van der Waals surface area contributed by atoms with E-state index < -0.39 is 0 Å². The molecule has 1 atom stereocenters. The Hall–Kier alpha value is -2.00. The lowest BCUT2D eigenvalue weighted by molar-refractivity contribution is -0.116. The highest BCUT2D eigenvalue weighted by atomic mass is 127. The molecular weight excluding hydrogens is 501 g/mol.